The van der Waals surface area contributed by atoms with E-state index >= 15 is 0 Å². The number of rotatable bonds is 8. The molecule has 0 amide bonds. The van der Waals surface area contributed by atoms with Gasteiger partial charge in [0.15, 0.2) is 0 Å². The Balaban J connectivity index is 3.62. The van der Waals surface area contributed by atoms with E-state index in [-0.39, 0.29) is 11.2 Å². The van der Waals surface area contributed by atoms with Crippen molar-refractivity contribution in [3.05, 3.63) is 0 Å². The number of unbranched alkanes of at least 4 members (excludes halogenated alkanes) is 4. The van der Waals surface area contributed by atoms with Crippen molar-refractivity contribution in [3.63, 3.8) is 0 Å². The molecule has 16 heavy (non-hydrogen) atoms. The van der Waals surface area contributed by atoms with Crippen LogP contribution in [0.4, 0.5) is 0 Å². The van der Waals surface area contributed by atoms with E-state index < -0.39 is 0 Å². The van der Waals surface area contributed by atoms with Gasteiger partial charge in [0.1, 0.15) is 0 Å². The monoisotopic (exact) mass is 230 g/mol. The van der Waals surface area contributed by atoms with E-state index in [1.807, 2.05) is 20.8 Å². The second kappa shape index (κ2) is 7.29. The van der Waals surface area contributed by atoms with Crippen molar-refractivity contribution >= 4 is 0 Å². The highest BCUT2D eigenvalue weighted by Gasteiger charge is 2.23. The molecule has 0 spiro atoms. The summed E-state index contributed by atoms with van der Waals surface area (Å²) in [5.41, 5.74) is -0.390. The van der Waals surface area contributed by atoms with Crippen molar-refractivity contribution in [3.8, 4) is 0 Å². The lowest BCUT2D eigenvalue weighted by atomic mass is 10.00. The van der Waals surface area contributed by atoms with Gasteiger partial charge in [-0.15, -0.1) is 0 Å². The van der Waals surface area contributed by atoms with Crippen LogP contribution < -0.4 is 0 Å². The van der Waals surface area contributed by atoms with E-state index in [4.69, 9.17) is 9.78 Å². The Morgan fingerprint density at radius 3 is 1.81 bits per heavy atom. The molecule has 0 aliphatic rings. The van der Waals surface area contributed by atoms with E-state index in [2.05, 4.69) is 20.8 Å². The molecule has 0 aromatic heterocycles. The molecule has 0 fully saturated rings. The molecule has 0 aromatic rings. The zero-order valence-electron chi connectivity index (χ0n) is 12.1. The Morgan fingerprint density at radius 2 is 1.31 bits per heavy atom. The van der Waals surface area contributed by atoms with Crippen molar-refractivity contribution < 1.29 is 9.78 Å². The summed E-state index contributed by atoms with van der Waals surface area (Å²) in [7, 11) is 0. The average Bonchev–Trinajstić information content (AvgIpc) is 2.14. The Morgan fingerprint density at radius 1 is 0.750 bits per heavy atom. The second-order valence-corrected chi connectivity index (χ2v) is 6.20. The van der Waals surface area contributed by atoms with Crippen molar-refractivity contribution in [1.29, 1.82) is 0 Å². The summed E-state index contributed by atoms with van der Waals surface area (Å²) >= 11 is 0. The van der Waals surface area contributed by atoms with Crippen LogP contribution in [0, 0.1) is 0 Å². The van der Waals surface area contributed by atoms with Gasteiger partial charge in [0.2, 0.25) is 0 Å². The smallest absolute Gasteiger partial charge is 0.0980 e. The van der Waals surface area contributed by atoms with Gasteiger partial charge in [-0.2, -0.15) is 0 Å². The molecule has 0 aromatic carbocycles. The third-order valence-corrected chi connectivity index (χ3v) is 2.40. The van der Waals surface area contributed by atoms with Crippen LogP contribution >= 0.6 is 0 Å². The predicted molar refractivity (Wildman–Crippen MR) is 69.4 cm³/mol. The van der Waals surface area contributed by atoms with Crippen molar-refractivity contribution in [2.45, 2.75) is 91.3 Å². The fourth-order valence-electron chi connectivity index (χ4n) is 1.43. The molecule has 0 unspecified atom stereocenters. The van der Waals surface area contributed by atoms with Crippen LogP contribution in [0.5, 0.6) is 0 Å². The molecule has 0 rings (SSSR count). The van der Waals surface area contributed by atoms with Gasteiger partial charge in [0.05, 0.1) is 11.2 Å². The maximum Gasteiger partial charge on any atom is 0.0980 e. The van der Waals surface area contributed by atoms with Crippen LogP contribution in [0.15, 0.2) is 0 Å². The minimum atomic E-state index is -0.223. The number of hydrogen-bond donors (Lipinski definition) is 0. The van der Waals surface area contributed by atoms with Crippen LogP contribution in [0.25, 0.3) is 0 Å². The second-order valence-electron chi connectivity index (χ2n) is 6.20. The highest BCUT2D eigenvalue weighted by Crippen LogP contribution is 2.22. The quantitative estimate of drug-likeness (QED) is 0.336. The van der Waals surface area contributed by atoms with Crippen LogP contribution in [0.3, 0.4) is 0 Å². The molecule has 0 aliphatic heterocycles. The topological polar surface area (TPSA) is 18.5 Å². The normalized spacial score (nSPS) is 13.1. The first-order chi connectivity index (χ1) is 7.27. The largest absolute Gasteiger partial charge is 0.230 e. The van der Waals surface area contributed by atoms with Gasteiger partial charge >= 0.3 is 0 Å². The SMILES string of the molecule is CCCCCCCC(C)(C)OOC(C)(C)C. The summed E-state index contributed by atoms with van der Waals surface area (Å²) in [6.07, 6.45) is 7.57. The molecular weight excluding hydrogens is 200 g/mol. The van der Waals surface area contributed by atoms with Gasteiger partial charge in [-0.05, 0) is 41.0 Å². The zero-order valence-corrected chi connectivity index (χ0v) is 12.1. The summed E-state index contributed by atoms with van der Waals surface area (Å²) in [6.45, 7) is 12.4. The molecule has 0 heterocycles. The van der Waals surface area contributed by atoms with E-state index in [0.717, 1.165) is 6.42 Å². The van der Waals surface area contributed by atoms with Crippen LogP contribution in [-0.4, -0.2) is 11.2 Å². The molecule has 0 aliphatic carbocycles. The molecule has 2 heteroatoms. The third kappa shape index (κ3) is 10.4. The molecule has 0 saturated carbocycles. The summed E-state index contributed by atoms with van der Waals surface area (Å²) in [6, 6.07) is 0. The predicted octanol–water partition coefficient (Wildman–Crippen LogP) is 4.87. The summed E-state index contributed by atoms with van der Waals surface area (Å²) in [5, 5.41) is 0. The highest BCUT2D eigenvalue weighted by molar-refractivity contribution is 4.67. The lowest BCUT2D eigenvalue weighted by Gasteiger charge is -2.28. The third-order valence-electron chi connectivity index (χ3n) is 2.40. The van der Waals surface area contributed by atoms with Crippen molar-refractivity contribution in [1.82, 2.24) is 0 Å². The molecule has 0 bridgehead atoms. The molecule has 98 valence electrons. The van der Waals surface area contributed by atoms with E-state index in [1.54, 1.807) is 0 Å². The van der Waals surface area contributed by atoms with Gasteiger partial charge in [-0.3, -0.25) is 0 Å². The van der Waals surface area contributed by atoms with Gasteiger partial charge in [-0.25, -0.2) is 9.78 Å². The molecule has 0 atom stereocenters. The van der Waals surface area contributed by atoms with Crippen molar-refractivity contribution in [2.75, 3.05) is 0 Å². The minimum absolute atomic E-state index is 0.167. The molecular formula is C14H30O2. The van der Waals surface area contributed by atoms with Crippen LogP contribution in [0.1, 0.15) is 80.1 Å². The number of hydrogen-bond acceptors (Lipinski definition) is 2. The summed E-state index contributed by atoms with van der Waals surface area (Å²) in [5.74, 6) is 0. The highest BCUT2D eigenvalue weighted by atomic mass is 17.2. The van der Waals surface area contributed by atoms with Crippen molar-refractivity contribution in [2.24, 2.45) is 0 Å². The van der Waals surface area contributed by atoms with Gasteiger partial charge in [0.25, 0.3) is 0 Å². The lowest BCUT2D eigenvalue weighted by Crippen LogP contribution is -2.30. The van der Waals surface area contributed by atoms with E-state index in [9.17, 15) is 0 Å². The Labute approximate surface area is 102 Å². The molecule has 0 saturated heterocycles. The Kier molecular flexibility index (Phi) is 7.25. The minimum Gasteiger partial charge on any atom is -0.230 e. The standard InChI is InChI=1S/C14H30O2/c1-7-8-9-10-11-12-14(5,6)16-15-13(2,3)4/h7-12H2,1-6H3. The molecule has 0 radical (unpaired) electrons. The first-order valence-corrected chi connectivity index (χ1v) is 6.64. The summed E-state index contributed by atoms with van der Waals surface area (Å²) < 4.78 is 0. The van der Waals surface area contributed by atoms with Crippen LogP contribution in [0.2, 0.25) is 0 Å². The first kappa shape index (κ1) is 15.9. The van der Waals surface area contributed by atoms with E-state index in [0.29, 0.717) is 0 Å². The average molecular weight is 230 g/mol. The Bertz CT molecular complexity index is 168. The fraction of sp³-hybridized carbons (Fsp3) is 1.00. The van der Waals surface area contributed by atoms with E-state index in [1.165, 1.54) is 32.1 Å². The first-order valence-electron chi connectivity index (χ1n) is 6.64. The zero-order chi connectivity index (χ0) is 12.7. The fourth-order valence-corrected chi connectivity index (χ4v) is 1.43. The van der Waals surface area contributed by atoms with Gasteiger partial charge in [0, 0.05) is 0 Å². The van der Waals surface area contributed by atoms with Gasteiger partial charge in [-0.1, -0.05) is 39.0 Å². The van der Waals surface area contributed by atoms with Crippen LogP contribution in [-0.2, 0) is 9.78 Å². The molecule has 2 nitrogen and oxygen atoms in total. The Hall–Kier alpha value is -0.0800. The maximum absolute atomic E-state index is 5.50. The maximum atomic E-state index is 5.50. The lowest BCUT2D eigenvalue weighted by molar-refractivity contribution is -0.398. The molecule has 0 N–H and O–H groups in total. The van der Waals surface area contributed by atoms with Gasteiger partial charge < -0.3 is 0 Å². The summed E-state index contributed by atoms with van der Waals surface area (Å²) in [4.78, 5) is 10.9.